The van der Waals surface area contributed by atoms with Gasteiger partial charge < -0.3 is 15.0 Å². The maximum Gasteiger partial charge on any atom is 0.219 e. The molecule has 1 aliphatic heterocycles. The number of amides is 1. The predicted octanol–water partition coefficient (Wildman–Crippen LogP) is 2.10. The fourth-order valence-corrected chi connectivity index (χ4v) is 2.70. The fourth-order valence-electron chi connectivity index (χ4n) is 2.70. The number of piperidine rings is 1. The van der Waals surface area contributed by atoms with Gasteiger partial charge in [0.2, 0.25) is 5.91 Å². The van der Waals surface area contributed by atoms with E-state index in [0.29, 0.717) is 6.04 Å². The van der Waals surface area contributed by atoms with Gasteiger partial charge in [-0.3, -0.25) is 4.79 Å². The van der Waals surface area contributed by atoms with Crippen molar-refractivity contribution in [2.75, 3.05) is 20.2 Å². The van der Waals surface area contributed by atoms with E-state index in [2.05, 4.69) is 24.4 Å². The van der Waals surface area contributed by atoms with Gasteiger partial charge in [0.15, 0.2) is 0 Å². The molecule has 1 aromatic carbocycles. The minimum atomic E-state index is 0.184. The number of rotatable bonds is 4. The van der Waals surface area contributed by atoms with Crippen molar-refractivity contribution in [3.8, 4) is 5.75 Å². The van der Waals surface area contributed by atoms with E-state index in [1.54, 1.807) is 14.0 Å². The molecule has 1 aliphatic rings. The Morgan fingerprint density at radius 2 is 2.10 bits per heavy atom. The molecule has 4 heteroatoms. The quantitative estimate of drug-likeness (QED) is 0.915. The fraction of sp³-hybridized carbons (Fsp3) is 0.562. The van der Waals surface area contributed by atoms with Crippen LogP contribution in [0.1, 0.15) is 30.9 Å². The van der Waals surface area contributed by atoms with Crippen LogP contribution in [0.3, 0.4) is 0 Å². The molecule has 0 radical (unpaired) electrons. The maximum absolute atomic E-state index is 11.3. The molecule has 1 amide bonds. The average molecular weight is 276 g/mol. The van der Waals surface area contributed by atoms with E-state index in [9.17, 15) is 4.79 Å². The van der Waals surface area contributed by atoms with Crippen LogP contribution in [-0.4, -0.2) is 37.0 Å². The van der Waals surface area contributed by atoms with Crippen LogP contribution in [-0.2, 0) is 11.3 Å². The molecule has 1 heterocycles. The number of likely N-dealkylation sites (tertiary alicyclic amines) is 1. The van der Waals surface area contributed by atoms with Crippen molar-refractivity contribution in [1.82, 2.24) is 10.2 Å². The third-order valence-corrected chi connectivity index (χ3v) is 3.96. The van der Waals surface area contributed by atoms with Crippen molar-refractivity contribution in [1.29, 1.82) is 0 Å². The third-order valence-electron chi connectivity index (χ3n) is 3.96. The first-order valence-corrected chi connectivity index (χ1v) is 7.22. The van der Waals surface area contributed by atoms with Crippen LogP contribution in [0.2, 0.25) is 0 Å². The van der Waals surface area contributed by atoms with Crippen molar-refractivity contribution in [2.45, 2.75) is 39.3 Å². The van der Waals surface area contributed by atoms with E-state index in [0.717, 1.165) is 38.2 Å². The SMILES string of the molecule is COc1ccc(C)cc1CNC1CCN(C(C)=O)CC1. The lowest BCUT2D eigenvalue weighted by molar-refractivity contribution is -0.129. The molecule has 0 unspecified atom stereocenters. The van der Waals surface area contributed by atoms with Crippen LogP contribution in [0.15, 0.2) is 18.2 Å². The first kappa shape index (κ1) is 14.9. The Labute approximate surface area is 121 Å². The Morgan fingerprint density at radius 1 is 1.40 bits per heavy atom. The van der Waals surface area contributed by atoms with Gasteiger partial charge in [0.25, 0.3) is 0 Å². The summed E-state index contributed by atoms with van der Waals surface area (Å²) in [4.78, 5) is 13.2. The van der Waals surface area contributed by atoms with Crippen LogP contribution in [0, 0.1) is 6.92 Å². The summed E-state index contributed by atoms with van der Waals surface area (Å²) < 4.78 is 5.40. The number of benzene rings is 1. The molecule has 2 rings (SSSR count). The predicted molar refractivity (Wildman–Crippen MR) is 79.8 cm³/mol. The monoisotopic (exact) mass is 276 g/mol. The highest BCUT2D eigenvalue weighted by Crippen LogP contribution is 2.20. The minimum absolute atomic E-state index is 0.184. The molecule has 1 aromatic rings. The highest BCUT2D eigenvalue weighted by molar-refractivity contribution is 5.73. The summed E-state index contributed by atoms with van der Waals surface area (Å²) >= 11 is 0. The van der Waals surface area contributed by atoms with Crippen LogP contribution in [0.5, 0.6) is 5.75 Å². The number of methoxy groups -OCH3 is 1. The van der Waals surface area contributed by atoms with E-state index in [-0.39, 0.29) is 5.91 Å². The number of nitrogens with one attached hydrogen (secondary N) is 1. The number of ether oxygens (including phenoxy) is 1. The highest BCUT2D eigenvalue weighted by Gasteiger charge is 2.20. The van der Waals surface area contributed by atoms with Crippen LogP contribution in [0.25, 0.3) is 0 Å². The van der Waals surface area contributed by atoms with E-state index in [1.807, 2.05) is 11.0 Å². The van der Waals surface area contributed by atoms with Gasteiger partial charge >= 0.3 is 0 Å². The van der Waals surface area contributed by atoms with Crippen LogP contribution >= 0.6 is 0 Å². The summed E-state index contributed by atoms with van der Waals surface area (Å²) in [5.74, 6) is 1.12. The van der Waals surface area contributed by atoms with Crippen molar-refractivity contribution in [3.63, 3.8) is 0 Å². The highest BCUT2D eigenvalue weighted by atomic mass is 16.5. The Balaban J connectivity index is 1.87. The molecule has 110 valence electrons. The molecule has 20 heavy (non-hydrogen) atoms. The summed E-state index contributed by atoms with van der Waals surface area (Å²) in [5, 5.41) is 3.58. The van der Waals surface area contributed by atoms with Crippen LogP contribution < -0.4 is 10.1 Å². The number of aryl methyl sites for hydroxylation is 1. The van der Waals surface area contributed by atoms with E-state index in [4.69, 9.17) is 4.74 Å². The van der Waals surface area contributed by atoms with Gasteiger partial charge in [-0.1, -0.05) is 17.7 Å². The smallest absolute Gasteiger partial charge is 0.219 e. The maximum atomic E-state index is 11.3. The van der Waals surface area contributed by atoms with Crippen molar-refractivity contribution in [2.24, 2.45) is 0 Å². The van der Waals surface area contributed by atoms with Crippen molar-refractivity contribution in [3.05, 3.63) is 29.3 Å². The second kappa shape index (κ2) is 6.75. The molecular weight excluding hydrogens is 252 g/mol. The zero-order valence-electron chi connectivity index (χ0n) is 12.6. The second-order valence-electron chi connectivity index (χ2n) is 5.48. The van der Waals surface area contributed by atoms with Gasteiger partial charge in [-0.05, 0) is 25.8 Å². The third kappa shape index (κ3) is 3.73. The number of nitrogens with zero attached hydrogens (tertiary/aromatic N) is 1. The summed E-state index contributed by atoms with van der Waals surface area (Å²) in [6.07, 6.45) is 2.04. The molecule has 1 N–H and O–H groups in total. The minimum Gasteiger partial charge on any atom is -0.496 e. The summed E-state index contributed by atoms with van der Waals surface area (Å²) in [5.41, 5.74) is 2.44. The number of carbonyl (C=O) groups is 1. The Kier molecular flexibility index (Phi) is 5.01. The molecule has 0 aliphatic carbocycles. The lowest BCUT2D eigenvalue weighted by atomic mass is 10.0. The van der Waals surface area contributed by atoms with E-state index < -0.39 is 0 Å². The number of carbonyl (C=O) groups excluding carboxylic acids is 1. The van der Waals surface area contributed by atoms with Gasteiger partial charge in [-0.2, -0.15) is 0 Å². The molecule has 0 saturated carbocycles. The molecule has 0 atom stereocenters. The van der Waals surface area contributed by atoms with Gasteiger partial charge in [-0.15, -0.1) is 0 Å². The Morgan fingerprint density at radius 3 is 2.70 bits per heavy atom. The molecule has 4 nitrogen and oxygen atoms in total. The second-order valence-corrected chi connectivity index (χ2v) is 5.48. The lowest BCUT2D eigenvalue weighted by Gasteiger charge is -2.32. The van der Waals surface area contributed by atoms with Gasteiger partial charge in [-0.25, -0.2) is 0 Å². The van der Waals surface area contributed by atoms with Gasteiger partial charge in [0, 0.05) is 38.2 Å². The van der Waals surface area contributed by atoms with E-state index in [1.165, 1.54) is 11.1 Å². The molecule has 0 aromatic heterocycles. The molecular formula is C16H24N2O2. The number of hydrogen-bond acceptors (Lipinski definition) is 3. The average Bonchev–Trinajstić information content (AvgIpc) is 2.45. The summed E-state index contributed by atoms with van der Waals surface area (Å²) in [6, 6.07) is 6.73. The van der Waals surface area contributed by atoms with Crippen molar-refractivity contribution < 1.29 is 9.53 Å². The topological polar surface area (TPSA) is 41.6 Å². The van der Waals surface area contributed by atoms with Gasteiger partial charge in [0.05, 0.1) is 7.11 Å². The lowest BCUT2D eigenvalue weighted by Crippen LogP contribution is -2.43. The standard InChI is InChI=1S/C16H24N2O2/c1-12-4-5-16(20-3)14(10-12)11-17-15-6-8-18(9-7-15)13(2)19/h4-5,10,15,17H,6-9,11H2,1-3H3. The first-order valence-electron chi connectivity index (χ1n) is 7.22. The summed E-state index contributed by atoms with van der Waals surface area (Å²) in [6.45, 7) is 6.27. The molecule has 1 saturated heterocycles. The summed E-state index contributed by atoms with van der Waals surface area (Å²) in [7, 11) is 1.71. The Hall–Kier alpha value is -1.55. The van der Waals surface area contributed by atoms with E-state index >= 15 is 0 Å². The number of hydrogen-bond donors (Lipinski definition) is 1. The van der Waals surface area contributed by atoms with Crippen LogP contribution in [0.4, 0.5) is 0 Å². The normalized spacial score (nSPS) is 16.2. The largest absolute Gasteiger partial charge is 0.496 e. The zero-order valence-corrected chi connectivity index (χ0v) is 12.6. The Bertz CT molecular complexity index is 466. The zero-order chi connectivity index (χ0) is 14.5. The molecule has 0 bridgehead atoms. The first-order chi connectivity index (χ1) is 9.60. The molecule has 1 fully saturated rings. The molecule has 0 spiro atoms. The van der Waals surface area contributed by atoms with Crippen molar-refractivity contribution >= 4 is 5.91 Å². The van der Waals surface area contributed by atoms with Gasteiger partial charge in [0.1, 0.15) is 5.75 Å².